The number of aromatic nitrogens is 1. The molecule has 0 saturated heterocycles. The summed E-state index contributed by atoms with van der Waals surface area (Å²) in [4.78, 5) is 16.5. The van der Waals surface area contributed by atoms with Crippen molar-refractivity contribution in [2.45, 2.75) is 0 Å². The standard InChI is InChI=1S/C16H12IN3O2/c17-13-5-1-4-12-14-11(9-22-15(12)13)8-20(19-14)16(21)10-3-2-6-18-7-10/h1-7,11H,8-9H2. The summed E-state index contributed by atoms with van der Waals surface area (Å²) in [5.74, 6) is 0.877. The summed E-state index contributed by atoms with van der Waals surface area (Å²) in [7, 11) is 0. The molecule has 1 unspecified atom stereocenters. The van der Waals surface area contributed by atoms with E-state index in [0.29, 0.717) is 18.7 Å². The van der Waals surface area contributed by atoms with E-state index in [1.54, 1.807) is 24.5 Å². The Balaban J connectivity index is 1.70. The van der Waals surface area contributed by atoms with Crippen LogP contribution in [0.3, 0.4) is 0 Å². The first kappa shape index (κ1) is 13.7. The average molecular weight is 405 g/mol. The van der Waals surface area contributed by atoms with Gasteiger partial charge in [-0.1, -0.05) is 6.07 Å². The lowest BCUT2D eigenvalue weighted by Gasteiger charge is -2.23. The molecular weight excluding hydrogens is 393 g/mol. The number of halogens is 1. The minimum Gasteiger partial charge on any atom is -0.491 e. The van der Waals surface area contributed by atoms with Gasteiger partial charge in [0.15, 0.2) is 0 Å². The normalized spacial score (nSPS) is 19.0. The number of hydrogen-bond acceptors (Lipinski definition) is 4. The summed E-state index contributed by atoms with van der Waals surface area (Å²) in [5, 5.41) is 6.08. The number of ether oxygens (including phenoxy) is 1. The van der Waals surface area contributed by atoms with Crippen molar-refractivity contribution in [2.75, 3.05) is 13.2 Å². The molecule has 6 heteroatoms. The van der Waals surface area contributed by atoms with Gasteiger partial charge in [0.25, 0.3) is 5.91 Å². The van der Waals surface area contributed by atoms with Crippen molar-refractivity contribution in [1.82, 2.24) is 9.99 Å². The molecular formula is C16H12IN3O2. The lowest BCUT2D eigenvalue weighted by molar-refractivity contribution is 0.0760. The highest BCUT2D eigenvalue weighted by Gasteiger charge is 2.36. The largest absolute Gasteiger partial charge is 0.491 e. The van der Waals surface area contributed by atoms with Gasteiger partial charge >= 0.3 is 0 Å². The molecule has 2 aromatic rings. The predicted octanol–water partition coefficient (Wildman–Crippen LogP) is 2.55. The van der Waals surface area contributed by atoms with Crippen molar-refractivity contribution < 1.29 is 9.53 Å². The van der Waals surface area contributed by atoms with Crippen LogP contribution in [0, 0.1) is 9.49 Å². The molecule has 0 aliphatic carbocycles. The molecule has 0 saturated carbocycles. The molecule has 5 nitrogen and oxygen atoms in total. The fourth-order valence-corrected chi connectivity index (χ4v) is 3.41. The lowest BCUT2D eigenvalue weighted by atomic mass is 9.95. The van der Waals surface area contributed by atoms with E-state index in [4.69, 9.17) is 4.74 Å². The average Bonchev–Trinajstić information content (AvgIpc) is 3.00. The number of para-hydroxylation sites is 1. The monoisotopic (exact) mass is 405 g/mol. The molecule has 0 N–H and O–H groups in total. The van der Waals surface area contributed by atoms with Crippen LogP contribution in [0.4, 0.5) is 0 Å². The highest BCUT2D eigenvalue weighted by molar-refractivity contribution is 14.1. The quantitative estimate of drug-likeness (QED) is 0.686. The van der Waals surface area contributed by atoms with E-state index < -0.39 is 0 Å². The van der Waals surface area contributed by atoms with Crippen LogP contribution in [-0.4, -0.2) is 34.8 Å². The van der Waals surface area contributed by atoms with Crippen LogP contribution in [0.2, 0.25) is 0 Å². The Kier molecular flexibility index (Phi) is 3.33. The van der Waals surface area contributed by atoms with Gasteiger partial charge in [-0.15, -0.1) is 0 Å². The van der Waals surface area contributed by atoms with Crippen molar-refractivity contribution in [3.05, 3.63) is 57.4 Å². The third-order valence-electron chi connectivity index (χ3n) is 3.82. The van der Waals surface area contributed by atoms with Gasteiger partial charge in [0, 0.05) is 18.0 Å². The van der Waals surface area contributed by atoms with E-state index in [9.17, 15) is 4.79 Å². The second-order valence-corrected chi connectivity index (χ2v) is 6.40. The number of benzene rings is 1. The number of pyridine rings is 1. The van der Waals surface area contributed by atoms with Crippen molar-refractivity contribution in [1.29, 1.82) is 0 Å². The molecule has 2 aliphatic heterocycles. The first-order valence-corrected chi connectivity index (χ1v) is 8.04. The van der Waals surface area contributed by atoms with Gasteiger partial charge in [-0.3, -0.25) is 9.78 Å². The fourth-order valence-electron chi connectivity index (χ4n) is 2.76. The van der Waals surface area contributed by atoms with Crippen molar-refractivity contribution in [2.24, 2.45) is 11.0 Å². The summed E-state index contributed by atoms with van der Waals surface area (Å²) >= 11 is 2.26. The molecule has 0 radical (unpaired) electrons. The summed E-state index contributed by atoms with van der Waals surface area (Å²) in [6, 6.07) is 9.50. The van der Waals surface area contributed by atoms with Gasteiger partial charge in [0.2, 0.25) is 0 Å². The Morgan fingerprint density at radius 3 is 3.05 bits per heavy atom. The zero-order chi connectivity index (χ0) is 15.1. The number of fused-ring (bicyclic) bond motifs is 3. The number of carbonyl (C=O) groups is 1. The molecule has 0 bridgehead atoms. The molecule has 1 atom stereocenters. The van der Waals surface area contributed by atoms with E-state index in [-0.39, 0.29) is 11.8 Å². The van der Waals surface area contributed by atoms with Gasteiger partial charge < -0.3 is 4.74 Å². The zero-order valence-corrected chi connectivity index (χ0v) is 13.7. The molecule has 2 aliphatic rings. The molecule has 1 amide bonds. The first-order valence-electron chi connectivity index (χ1n) is 6.96. The zero-order valence-electron chi connectivity index (χ0n) is 11.6. The Bertz CT molecular complexity index is 776. The van der Waals surface area contributed by atoms with Crippen LogP contribution < -0.4 is 4.74 Å². The van der Waals surface area contributed by atoms with Crippen LogP contribution in [-0.2, 0) is 0 Å². The second-order valence-electron chi connectivity index (χ2n) is 5.24. The summed E-state index contributed by atoms with van der Waals surface area (Å²) < 4.78 is 6.93. The van der Waals surface area contributed by atoms with Gasteiger partial charge in [-0.2, -0.15) is 5.10 Å². The van der Waals surface area contributed by atoms with E-state index in [1.165, 1.54) is 5.01 Å². The van der Waals surface area contributed by atoms with Gasteiger partial charge in [0.05, 0.1) is 33.9 Å². The van der Waals surface area contributed by atoms with Crippen LogP contribution in [0.1, 0.15) is 15.9 Å². The smallest absolute Gasteiger partial charge is 0.275 e. The number of hydrazone groups is 1. The van der Waals surface area contributed by atoms with E-state index in [2.05, 4.69) is 32.7 Å². The number of rotatable bonds is 1. The van der Waals surface area contributed by atoms with Crippen molar-refractivity contribution in [3.8, 4) is 5.75 Å². The maximum Gasteiger partial charge on any atom is 0.275 e. The predicted molar refractivity (Wildman–Crippen MR) is 90.0 cm³/mol. The number of amides is 1. The summed E-state index contributed by atoms with van der Waals surface area (Å²) in [6.07, 6.45) is 3.22. The van der Waals surface area contributed by atoms with Crippen LogP contribution in [0.15, 0.2) is 47.8 Å². The van der Waals surface area contributed by atoms with Crippen LogP contribution >= 0.6 is 22.6 Å². The third kappa shape index (κ3) is 2.18. The minimum atomic E-state index is -0.123. The number of nitrogens with zero attached hydrogens (tertiary/aromatic N) is 3. The minimum absolute atomic E-state index is 0.123. The van der Waals surface area contributed by atoms with E-state index in [0.717, 1.165) is 20.6 Å². The summed E-state index contributed by atoms with van der Waals surface area (Å²) in [5.41, 5.74) is 2.48. The topological polar surface area (TPSA) is 54.8 Å². The molecule has 1 aromatic heterocycles. The lowest BCUT2D eigenvalue weighted by Crippen LogP contribution is -2.31. The Labute approximate surface area is 141 Å². The highest BCUT2D eigenvalue weighted by atomic mass is 127. The Hall–Kier alpha value is -1.96. The molecule has 0 fully saturated rings. The first-order chi connectivity index (χ1) is 10.7. The van der Waals surface area contributed by atoms with E-state index in [1.807, 2.05) is 18.2 Å². The second kappa shape index (κ2) is 5.35. The molecule has 22 heavy (non-hydrogen) atoms. The SMILES string of the molecule is O=C(c1cccnc1)N1CC2COc3c(I)cccc3C2=N1. The Morgan fingerprint density at radius 1 is 1.32 bits per heavy atom. The molecule has 110 valence electrons. The fraction of sp³-hybridized carbons (Fsp3) is 0.188. The number of hydrogen-bond donors (Lipinski definition) is 0. The number of carbonyl (C=O) groups excluding carboxylic acids is 1. The van der Waals surface area contributed by atoms with E-state index >= 15 is 0 Å². The maximum atomic E-state index is 12.5. The molecule has 1 aromatic carbocycles. The summed E-state index contributed by atoms with van der Waals surface area (Å²) in [6.45, 7) is 1.11. The van der Waals surface area contributed by atoms with Gasteiger partial charge in [-0.25, -0.2) is 5.01 Å². The van der Waals surface area contributed by atoms with Crippen LogP contribution in [0.5, 0.6) is 5.75 Å². The van der Waals surface area contributed by atoms with Gasteiger partial charge in [0.1, 0.15) is 5.75 Å². The maximum absolute atomic E-state index is 12.5. The molecule has 4 rings (SSSR count). The third-order valence-corrected chi connectivity index (χ3v) is 4.67. The highest BCUT2D eigenvalue weighted by Crippen LogP contribution is 2.35. The molecule has 3 heterocycles. The Morgan fingerprint density at radius 2 is 2.23 bits per heavy atom. The van der Waals surface area contributed by atoms with Crippen LogP contribution in [0.25, 0.3) is 0 Å². The van der Waals surface area contributed by atoms with Crippen molar-refractivity contribution in [3.63, 3.8) is 0 Å². The van der Waals surface area contributed by atoms with Crippen molar-refractivity contribution >= 4 is 34.2 Å². The molecule has 0 spiro atoms. The van der Waals surface area contributed by atoms with Gasteiger partial charge in [-0.05, 0) is 46.9 Å².